The van der Waals surface area contributed by atoms with Gasteiger partial charge in [-0.15, -0.1) is 0 Å². The van der Waals surface area contributed by atoms with E-state index in [9.17, 15) is 0 Å². The summed E-state index contributed by atoms with van der Waals surface area (Å²) in [6.07, 6.45) is 6.69. The van der Waals surface area contributed by atoms with E-state index >= 15 is 0 Å². The van der Waals surface area contributed by atoms with Crippen molar-refractivity contribution in [3.63, 3.8) is 0 Å². The van der Waals surface area contributed by atoms with Crippen LogP contribution in [0.2, 0.25) is 0 Å². The van der Waals surface area contributed by atoms with E-state index in [0.29, 0.717) is 11.8 Å². The largest absolute Gasteiger partial charge is 0.309 e. The zero-order valence-electron chi connectivity index (χ0n) is 28.1. The summed E-state index contributed by atoms with van der Waals surface area (Å²) in [6, 6.07) is 31.5. The van der Waals surface area contributed by atoms with Crippen LogP contribution in [0.15, 0.2) is 89.9 Å². The van der Waals surface area contributed by atoms with Gasteiger partial charge in [0.05, 0.1) is 0 Å². The maximum Gasteiger partial charge on any atom is 0.0483 e. The minimum Gasteiger partial charge on any atom is -0.309 e. The van der Waals surface area contributed by atoms with E-state index in [1.807, 2.05) is 0 Å². The standard InChI is InChI=1S/C40H55N3/c1-31(2)27-39(23-25-42(5)6,37-21-13-17-33-15-9-11-19-35(33)37)29-41-30-40(28-32(3)4,24-26-43(7)8)38-22-14-18-34-16-10-12-20-36(34)38/h9-22,29,31-32H,23-28,30H2,1-8H3. The first-order valence-electron chi connectivity index (χ1n) is 16.3. The first-order chi connectivity index (χ1) is 20.5. The third-order valence-electron chi connectivity index (χ3n) is 9.03. The molecule has 0 N–H and O–H groups in total. The van der Waals surface area contributed by atoms with Crippen LogP contribution in [0, 0.1) is 11.8 Å². The molecule has 0 fully saturated rings. The predicted molar refractivity (Wildman–Crippen MR) is 190 cm³/mol. The molecule has 0 saturated carbocycles. The van der Waals surface area contributed by atoms with Crippen molar-refractivity contribution >= 4 is 27.8 Å². The summed E-state index contributed by atoms with van der Waals surface area (Å²) < 4.78 is 0. The highest BCUT2D eigenvalue weighted by Crippen LogP contribution is 2.41. The van der Waals surface area contributed by atoms with Gasteiger partial charge in [-0.2, -0.15) is 0 Å². The van der Waals surface area contributed by atoms with Crippen molar-refractivity contribution in [3.8, 4) is 0 Å². The summed E-state index contributed by atoms with van der Waals surface area (Å²) in [4.78, 5) is 10.2. The van der Waals surface area contributed by atoms with Gasteiger partial charge in [0.15, 0.2) is 0 Å². The van der Waals surface area contributed by atoms with E-state index in [1.165, 1.54) is 32.7 Å². The Balaban J connectivity index is 1.89. The van der Waals surface area contributed by atoms with E-state index < -0.39 is 0 Å². The van der Waals surface area contributed by atoms with Gasteiger partial charge in [0, 0.05) is 23.6 Å². The van der Waals surface area contributed by atoms with Gasteiger partial charge in [-0.25, -0.2) is 0 Å². The van der Waals surface area contributed by atoms with Crippen LogP contribution >= 0.6 is 0 Å². The second kappa shape index (κ2) is 14.6. The second-order valence-electron chi connectivity index (χ2n) is 14.3. The molecule has 3 heteroatoms. The van der Waals surface area contributed by atoms with Crippen LogP contribution in [-0.2, 0) is 10.8 Å². The smallest absolute Gasteiger partial charge is 0.0483 e. The van der Waals surface area contributed by atoms with Crippen molar-refractivity contribution < 1.29 is 0 Å². The van der Waals surface area contributed by atoms with Crippen molar-refractivity contribution in [1.82, 2.24) is 9.80 Å². The first-order valence-corrected chi connectivity index (χ1v) is 16.3. The van der Waals surface area contributed by atoms with Crippen LogP contribution in [0.5, 0.6) is 0 Å². The molecular formula is C40H55N3. The molecule has 0 aromatic heterocycles. The Bertz CT molecular complexity index is 1470. The van der Waals surface area contributed by atoms with Crippen LogP contribution in [0.3, 0.4) is 0 Å². The van der Waals surface area contributed by atoms with E-state index in [4.69, 9.17) is 4.99 Å². The quantitative estimate of drug-likeness (QED) is 0.131. The molecular weight excluding hydrogens is 522 g/mol. The second-order valence-corrected chi connectivity index (χ2v) is 14.3. The molecule has 0 radical (unpaired) electrons. The molecule has 2 unspecified atom stereocenters. The maximum atomic E-state index is 5.58. The summed E-state index contributed by atoms with van der Waals surface area (Å²) in [5.74, 6) is 1.10. The highest BCUT2D eigenvalue weighted by atomic mass is 15.1. The lowest BCUT2D eigenvalue weighted by atomic mass is 9.69. The fourth-order valence-corrected chi connectivity index (χ4v) is 7.22. The molecule has 4 aromatic rings. The Hall–Kier alpha value is -3.01. The van der Waals surface area contributed by atoms with Crippen molar-refractivity contribution in [2.75, 3.05) is 47.8 Å². The van der Waals surface area contributed by atoms with Gasteiger partial charge in [-0.1, -0.05) is 113 Å². The average molecular weight is 578 g/mol. The summed E-state index contributed by atoms with van der Waals surface area (Å²) in [5.41, 5.74) is 2.66. The van der Waals surface area contributed by atoms with E-state index in [1.54, 1.807) is 0 Å². The van der Waals surface area contributed by atoms with Gasteiger partial charge in [0.1, 0.15) is 0 Å². The van der Waals surface area contributed by atoms with Crippen molar-refractivity contribution in [1.29, 1.82) is 0 Å². The molecule has 0 aliphatic rings. The lowest BCUT2D eigenvalue weighted by molar-refractivity contribution is 0.278. The molecule has 2 atom stereocenters. The number of hydrogen-bond acceptors (Lipinski definition) is 3. The molecule has 0 bridgehead atoms. The third kappa shape index (κ3) is 8.13. The monoisotopic (exact) mass is 577 g/mol. The number of rotatable bonds is 15. The first kappa shape index (κ1) is 32.9. The molecule has 43 heavy (non-hydrogen) atoms. The van der Waals surface area contributed by atoms with Crippen LogP contribution in [0.1, 0.15) is 64.5 Å². The normalized spacial score (nSPS) is 15.3. The topological polar surface area (TPSA) is 18.8 Å². The molecule has 0 heterocycles. The fourth-order valence-electron chi connectivity index (χ4n) is 7.22. The molecule has 3 nitrogen and oxygen atoms in total. The SMILES string of the molecule is CC(C)CC(C=NCC(CCN(C)C)(CC(C)C)c1cccc2ccccc12)(CCN(C)C)c1cccc2ccccc12. The molecule has 0 saturated heterocycles. The van der Waals surface area contributed by atoms with Gasteiger partial charge in [0.25, 0.3) is 0 Å². The van der Waals surface area contributed by atoms with Crippen molar-refractivity contribution in [2.45, 2.75) is 64.2 Å². The summed E-state index contributed by atoms with van der Waals surface area (Å²) in [7, 11) is 8.77. The van der Waals surface area contributed by atoms with Gasteiger partial charge < -0.3 is 9.80 Å². The van der Waals surface area contributed by atoms with Gasteiger partial charge in [0.2, 0.25) is 0 Å². The van der Waals surface area contributed by atoms with E-state index in [-0.39, 0.29) is 10.8 Å². The highest BCUT2D eigenvalue weighted by molar-refractivity contribution is 5.91. The summed E-state index contributed by atoms with van der Waals surface area (Å²) >= 11 is 0. The van der Waals surface area contributed by atoms with E-state index in [0.717, 1.165) is 45.3 Å². The molecule has 230 valence electrons. The zero-order chi connectivity index (χ0) is 31.0. The van der Waals surface area contributed by atoms with Gasteiger partial charge >= 0.3 is 0 Å². The average Bonchev–Trinajstić information content (AvgIpc) is 2.97. The lowest BCUT2D eigenvalue weighted by Crippen LogP contribution is -2.37. The molecule has 0 spiro atoms. The van der Waals surface area contributed by atoms with E-state index in [2.05, 4.69) is 157 Å². The van der Waals surface area contributed by atoms with Gasteiger partial charge in [-0.3, -0.25) is 4.99 Å². The Morgan fingerprint density at radius 3 is 1.65 bits per heavy atom. The van der Waals surface area contributed by atoms with Crippen LogP contribution in [-0.4, -0.2) is 63.8 Å². The van der Waals surface area contributed by atoms with Crippen LogP contribution in [0.4, 0.5) is 0 Å². The zero-order valence-corrected chi connectivity index (χ0v) is 28.1. The Labute approximate surface area is 262 Å². The number of nitrogens with zero attached hydrogens (tertiary/aromatic N) is 3. The number of hydrogen-bond donors (Lipinski definition) is 0. The molecule has 0 aliphatic heterocycles. The Morgan fingerprint density at radius 2 is 1.09 bits per heavy atom. The summed E-state index contributed by atoms with van der Waals surface area (Å²) in [6.45, 7) is 12.3. The minimum atomic E-state index is -0.150. The molecule has 0 amide bonds. The molecule has 0 aliphatic carbocycles. The third-order valence-corrected chi connectivity index (χ3v) is 9.03. The lowest BCUT2D eigenvalue weighted by Gasteiger charge is -2.38. The maximum absolute atomic E-state index is 5.58. The fraction of sp³-hybridized carbons (Fsp3) is 0.475. The Morgan fingerprint density at radius 1 is 0.605 bits per heavy atom. The number of fused-ring (bicyclic) bond motifs is 2. The van der Waals surface area contributed by atoms with Gasteiger partial charge in [-0.05, 0) is 111 Å². The van der Waals surface area contributed by atoms with Crippen LogP contribution in [0.25, 0.3) is 21.5 Å². The van der Waals surface area contributed by atoms with Crippen molar-refractivity contribution in [2.24, 2.45) is 16.8 Å². The van der Waals surface area contributed by atoms with Crippen molar-refractivity contribution in [3.05, 3.63) is 96.1 Å². The predicted octanol–water partition coefficient (Wildman–Crippen LogP) is 9.24. The minimum absolute atomic E-state index is 0.0559. The highest BCUT2D eigenvalue weighted by Gasteiger charge is 2.36. The summed E-state index contributed by atoms with van der Waals surface area (Å²) in [5, 5.41) is 5.35. The molecule has 4 rings (SSSR count). The Kier molecular flexibility index (Phi) is 11.2. The van der Waals surface area contributed by atoms with Crippen LogP contribution < -0.4 is 0 Å². The molecule has 4 aromatic carbocycles. The number of aliphatic imine (C=N–C) groups is 1. The number of benzene rings is 4.